The minimum absolute atomic E-state index is 0. The van der Waals surface area contributed by atoms with Crippen LogP contribution in [-0.2, 0) is 26.2 Å². The molecule has 2 aliphatic rings. The molecule has 253 valence electrons. The van der Waals surface area contributed by atoms with Gasteiger partial charge in [-0.25, -0.2) is 0 Å². The van der Waals surface area contributed by atoms with E-state index in [4.69, 9.17) is 0 Å². The third-order valence-electron chi connectivity index (χ3n) is 9.46. The summed E-state index contributed by atoms with van der Waals surface area (Å²) in [6, 6.07) is 10.2. The van der Waals surface area contributed by atoms with E-state index < -0.39 is 19.8 Å². The van der Waals surface area contributed by atoms with Crippen LogP contribution < -0.4 is 0 Å². The maximum Gasteiger partial charge on any atom is 2.00 e. The Kier molecular flexibility index (Phi) is 19.8. The van der Waals surface area contributed by atoms with E-state index in [1.54, 1.807) is 44.5 Å². The van der Waals surface area contributed by atoms with E-state index in [-0.39, 0.29) is 26.2 Å². The molecule has 4 heteroatoms. The molecule has 2 aromatic carbocycles. The fraction of sp³-hybridized carbons (Fsp3) is 0.619. The first kappa shape index (κ1) is 43.5. The minimum atomic E-state index is -1.80. The molecule has 2 aliphatic carbocycles. The van der Waals surface area contributed by atoms with Gasteiger partial charge in [-0.2, -0.15) is 26.2 Å². The van der Waals surface area contributed by atoms with Gasteiger partial charge < -0.3 is 10.6 Å². The Bertz CT molecular complexity index is 1280. The van der Waals surface area contributed by atoms with Crippen LogP contribution in [0.4, 0.5) is 0 Å². The van der Waals surface area contributed by atoms with Crippen LogP contribution in [0.15, 0.2) is 35.4 Å². The van der Waals surface area contributed by atoms with Crippen molar-refractivity contribution >= 4 is 31.9 Å². The summed E-state index contributed by atoms with van der Waals surface area (Å²) in [6.45, 7) is 35.7. The van der Waals surface area contributed by atoms with Crippen molar-refractivity contribution in [3.63, 3.8) is 0 Å². The molecule has 2 aromatic rings. The Balaban J connectivity index is 0.000000839. The predicted molar refractivity (Wildman–Crippen MR) is 207 cm³/mol. The van der Waals surface area contributed by atoms with E-state index in [1.807, 2.05) is 27.7 Å². The van der Waals surface area contributed by atoms with Crippen LogP contribution >= 0.6 is 0 Å². The molecule has 0 heterocycles. The molecule has 4 rings (SSSR count). The van der Waals surface area contributed by atoms with Gasteiger partial charge in [-0.1, -0.05) is 27.7 Å². The van der Waals surface area contributed by atoms with Gasteiger partial charge in [0.2, 0.25) is 0 Å². The molecule has 2 unspecified atom stereocenters. The second kappa shape index (κ2) is 20.9. The van der Waals surface area contributed by atoms with Gasteiger partial charge in [-0.05, 0) is 0 Å². The second-order valence-electron chi connectivity index (χ2n) is 14.4. The third-order valence-corrected chi connectivity index (χ3v) is 17.5. The molecule has 0 spiro atoms. The molecule has 0 fully saturated rings. The van der Waals surface area contributed by atoms with Crippen LogP contribution in [-0.4, -0.2) is 45.9 Å². The van der Waals surface area contributed by atoms with Crippen molar-refractivity contribution in [2.75, 3.05) is 26.2 Å². The molecule has 0 saturated carbocycles. The molecular weight excluding hydrogens is 742 g/mol. The van der Waals surface area contributed by atoms with Crippen LogP contribution in [0.25, 0.3) is 22.8 Å². The number of fused-ring (bicyclic) bond motifs is 2. The SMILES string of the molecule is CC1=Cc2c(C(C)C)cc(C(C)C)cc2C1[CH2][Sn]([CH3])[CH]1C(C)=Cc2c(C(C)C)cc(C(C)C)cc21.CC[N-]CC.CC[N-]CC.[Zr+2]. The molecule has 0 aromatic heterocycles. The second-order valence-corrected chi connectivity index (χ2v) is 22.0. The summed E-state index contributed by atoms with van der Waals surface area (Å²) >= 11 is -1.80. The van der Waals surface area contributed by atoms with E-state index in [0.717, 1.165) is 30.1 Å². The Morgan fingerprint density at radius 1 is 0.587 bits per heavy atom. The van der Waals surface area contributed by atoms with Crippen molar-refractivity contribution in [1.29, 1.82) is 0 Å². The van der Waals surface area contributed by atoms with Gasteiger partial charge in [0.05, 0.1) is 0 Å². The standard InChI is InChI=1S/C17H23.C16H21.2C4H10N.CH3.Sn.Zr/c1-10(2)14-8-15(11(3)4)17-7-12(5)13(6)16(17)9-14;1-10(2)13-8-14-6-12(5)7-16(14)15(9-13)11(3)4;2*1-3-5-4-2;;;/h7-11,13H,6H2,1-5H3;6-11H,1-5H3;2*3-4H2,1-2H3;1H3;;/q;;2*-1;;;+2. The average Bonchev–Trinajstić information content (AvgIpc) is 3.48. The zero-order valence-electron chi connectivity index (χ0n) is 32.4. The summed E-state index contributed by atoms with van der Waals surface area (Å²) in [7, 11) is 0. The van der Waals surface area contributed by atoms with Crippen LogP contribution in [0.3, 0.4) is 0 Å². The Labute approximate surface area is 312 Å². The maximum atomic E-state index is 3.97. The van der Waals surface area contributed by atoms with E-state index >= 15 is 0 Å². The quantitative estimate of drug-likeness (QED) is 0.202. The molecule has 2 nitrogen and oxygen atoms in total. The summed E-state index contributed by atoms with van der Waals surface area (Å²) in [5.74, 6) is 2.93. The average molecular weight is 810 g/mol. The maximum absolute atomic E-state index is 3.97. The molecule has 0 N–H and O–H groups in total. The van der Waals surface area contributed by atoms with Crippen molar-refractivity contribution in [2.24, 2.45) is 0 Å². The summed E-state index contributed by atoms with van der Waals surface area (Å²) in [6.07, 6.45) is 5.09. The largest absolute Gasteiger partial charge is 2.00 e. The van der Waals surface area contributed by atoms with E-state index in [1.165, 1.54) is 15.6 Å². The van der Waals surface area contributed by atoms with Gasteiger partial charge in [-0.3, -0.25) is 0 Å². The summed E-state index contributed by atoms with van der Waals surface area (Å²) in [4.78, 5) is 2.71. The predicted octanol–water partition coefficient (Wildman–Crippen LogP) is 13.3. The van der Waals surface area contributed by atoms with E-state index in [9.17, 15) is 0 Å². The van der Waals surface area contributed by atoms with Crippen LogP contribution in [0.5, 0.6) is 0 Å². The number of nitrogens with zero attached hydrogens (tertiary/aromatic N) is 2. The zero-order valence-corrected chi connectivity index (χ0v) is 37.7. The van der Waals surface area contributed by atoms with Crippen LogP contribution in [0.1, 0.15) is 175 Å². The molecule has 0 saturated heterocycles. The molecule has 2 atom stereocenters. The van der Waals surface area contributed by atoms with E-state index in [0.29, 0.717) is 29.6 Å². The smallest absolute Gasteiger partial charge is 0.663 e. The Hall–Kier alpha value is -0.478. The van der Waals surface area contributed by atoms with Gasteiger partial charge in [-0.15, -0.1) is 0 Å². The first-order valence-corrected chi connectivity index (χ1v) is 24.6. The number of rotatable bonds is 11. The van der Waals surface area contributed by atoms with Crippen molar-refractivity contribution in [3.8, 4) is 0 Å². The van der Waals surface area contributed by atoms with Crippen LogP contribution in [0.2, 0.25) is 9.38 Å². The van der Waals surface area contributed by atoms with Crippen molar-refractivity contribution in [1.82, 2.24) is 0 Å². The van der Waals surface area contributed by atoms with Gasteiger partial charge in [0.1, 0.15) is 0 Å². The fourth-order valence-corrected chi connectivity index (χ4v) is 15.6. The molecule has 1 radical (unpaired) electrons. The number of hydrogen-bond donors (Lipinski definition) is 0. The first-order chi connectivity index (χ1) is 21.2. The summed E-state index contributed by atoms with van der Waals surface area (Å²) in [5, 5.41) is 7.94. The van der Waals surface area contributed by atoms with Crippen molar-refractivity contribution in [3.05, 3.63) is 90.6 Å². The summed E-state index contributed by atoms with van der Waals surface area (Å²) in [5.41, 5.74) is 15.8. The molecule has 0 amide bonds. The van der Waals surface area contributed by atoms with Crippen molar-refractivity contribution < 1.29 is 26.2 Å². The number of benzene rings is 2. The Morgan fingerprint density at radius 2 is 0.978 bits per heavy atom. The fourth-order valence-electron chi connectivity index (χ4n) is 6.87. The normalized spacial score (nSPS) is 16.5. The molecular formula is C42H67N2SnZr. The minimum Gasteiger partial charge on any atom is -0.663 e. The number of hydrogen-bond acceptors (Lipinski definition) is 0. The zero-order chi connectivity index (χ0) is 34.0. The monoisotopic (exact) mass is 809 g/mol. The van der Waals surface area contributed by atoms with Gasteiger partial charge in [0.25, 0.3) is 0 Å². The van der Waals surface area contributed by atoms with E-state index in [2.05, 4.69) is 121 Å². The number of allylic oxidation sites excluding steroid dienone is 2. The van der Waals surface area contributed by atoms with Gasteiger partial charge in [0, 0.05) is 0 Å². The van der Waals surface area contributed by atoms with Gasteiger partial charge in [0.15, 0.2) is 0 Å². The Morgan fingerprint density at radius 3 is 1.35 bits per heavy atom. The molecule has 0 bridgehead atoms. The molecule has 46 heavy (non-hydrogen) atoms. The van der Waals surface area contributed by atoms with Gasteiger partial charge >= 0.3 is 250 Å². The molecule has 0 aliphatic heterocycles. The van der Waals surface area contributed by atoms with Crippen LogP contribution in [0, 0.1) is 0 Å². The summed E-state index contributed by atoms with van der Waals surface area (Å²) < 4.78 is 2.13. The topological polar surface area (TPSA) is 28.2 Å². The van der Waals surface area contributed by atoms with Crippen molar-refractivity contribution in [2.45, 2.75) is 140 Å². The first-order valence-electron chi connectivity index (χ1n) is 18.0. The third kappa shape index (κ3) is 11.3.